The Morgan fingerprint density at radius 1 is 1.25 bits per heavy atom. The molecule has 24 heavy (non-hydrogen) atoms. The summed E-state index contributed by atoms with van der Waals surface area (Å²) in [6.45, 7) is 2.29. The molecule has 3 aromatic rings. The van der Waals surface area contributed by atoms with E-state index in [9.17, 15) is 0 Å². The number of nitrogens with zero attached hydrogens (tertiary/aromatic N) is 4. The number of rotatable bonds is 4. The first-order valence-corrected chi connectivity index (χ1v) is 9.14. The first-order valence-electron chi connectivity index (χ1n) is 7.92. The highest BCUT2D eigenvalue weighted by Crippen LogP contribution is 2.27. The second-order valence-corrected chi connectivity index (χ2v) is 7.09. The Bertz CT molecular complexity index is 884. The quantitative estimate of drug-likeness (QED) is 0.562. The molecule has 4 rings (SSSR count). The first kappa shape index (κ1) is 15.3. The third kappa shape index (κ3) is 3.07. The molecule has 0 radical (unpaired) electrons. The van der Waals surface area contributed by atoms with Crippen molar-refractivity contribution in [3.63, 3.8) is 0 Å². The van der Waals surface area contributed by atoms with Gasteiger partial charge in [-0.05, 0) is 55.7 Å². The second kappa shape index (κ2) is 6.74. The molecule has 1 aliphatic heterocycles. The number of thiophene rings is 1. The molecule has 1 aliphatic rings. The predicted molar refractivity (Wildman–Crippen MR) is 98.5 cm³/mol. The lowest BCUT2D eigenvalue weighted by molar-refractivity contribution is 0.573. The molecule has 0 bridgehead atoms. The van der Waals surface area contributed by atoms with E-state index >= 15 is 0 Å². The lowest BCUT2D eigenvalue weighted by atomic mass is 10.1. The van der Waals surface area contributed by atoms with E-state index in [1.165, 1.54) is 24.3 Å². The van der Waals surface area contributed by atoms with Crippen molar-refractivity contribution in [1.82, 2.24) is 14.9 Å². The fraction of sp³-hybridized carbons (Fsp3) is 0.312. The van der Waals surface area contributed by atoms with E-state index in [4.69, 9.17) is 16.6 Å². The third-order valence-corrected chi connectivity index (χ3v) is 5.32. The van der Waals surface area contributed by atoms with Crippen LogP contribution in [0.2, 0.25) is 0 Å². The number of aromatic amines is 1. The number of nitrogens with one attached hydrogen (secondary N) is 1. The average molecular weight is 359 g/mol. The van der Waals surface area contributed by atoms with Gasteiger partial charge in [0.2, 0.25) is 10.6 Å². The van der Waals surface area contributed by atoms with Gasteiger partial charge in [0.05, 0.1) is 17.5 Å². The minimum atomic E-state index is 0.436. The Labute approximate surface area is 148 Å². The van der Waals surface area contributed by atoms with Crippen molar-refractivity contribution >= 4 is 34.8 Å². The molecule has 8 heteroatoms. The summed E-state index contributed by atoms with van der Waals surface area (Å²) in [5, 5.41) is 12.7. The number of H-pyrrole nitrogens is 1. The molecule has 1 fully saturated rings. The molecule has 4 heterocycles. The summed E-state index contributed by atoms with van der Waals surface area (Å²) in [6.07, 6.45) is 7.31. The first-order chi connectivity index (χ1) is 11.8. The highest BCUT2D eigenvalue weighted by atomic mass is 32.1. The Kier molecular flexibility index (Phi) is 4.31. The molecule has 3 aromatic heterocycles. The zero-order chi connectivity index (χ0) is 16.4. The second-order valence-electron chi connectivity index (χ2n) is 5.61. The average Bonchev–Trinajstić information content (AvgIpc) is 3.35. The highest BCUT2D eigenvalue weighted by Gasteiger charge is 2.13. The van der Waals surface area contributed by atoms with E-state index < -0.39 is 0 Å². The summed E-state index contributed by atoms with van der Waals surface area (Å²) in [4.78, 5) is 3.53. The van der Waals surface area contributed by atoms with E-state index in [1.807, 2.05) is 18.3 Å². The molecule has 0 saturated carbocycles. The molecule has 0 spiro atoms. The van der Waals surface area contributed by atoms with Gasteiger partial charge in [-0.25, -0.2) is 5.10 Å². The minimum absolute atomic E-state index is 0.436. The van der Waals surface area contributed by atoms with Gasteiger partial charge in [0, 0.05) is 18.0 Å². The van der Waals surface area contributed by atoms with Crippen LogP contribution in [-0.4, -0.2) is 34.2 Å². The van der Waals surface area contributed by atoms with Crippen LogP contribution in [0, 0.1) is 4.77 Å². The summed E-state index contributed by atoms with van der Waals surface area (Å²) < 4.78 is 7.39. The fourth-order valence-electron chi connectivity index (χ4n) is 2.77. The van der Waals surface area contributed by atoms with E-state index in [2.05, 4.69) is 32.3 Å². The largest absolute Gasteiger partial charge is 0.461 e. The molecular weight excluding hydrogens is 342 g/mol. The highest BCUT2D eigenvalue weighted by molar-refractivity contribution is 7.71. The molecule has 0 aliphatic carbocycles. The van der Waals surface area contributed by atoms with Gasteiger partial charge < -0.3 is 9.32 Å². The van der Waals surface area contributed by atoms with Crippen molar-refractivity contribution in [2.24, 2.45) is 5.10 Å². The molecular formula is C16H17N5OS2. The number of furan rings is 1. The van der Waals surface area contributed by atoms with Gasteiger partial charge in [-0.3, -0.25) is 0 Å². The zero-order valence-electron chi connectivity index (χ0n) is 13.0. The van der Waals surface area contributed by atoms with Crippen LogP contribution < -0.4 is 4.90 Å². The van der Waals surface area contributed by atoms with Gasteiger partial charge in [0.15, 0.2) is 5.76 Å². The van der Waals surface area contributed by atoms with Crippen molar-refractivity contribution < 1.29 is 4.42 Å². The van der Waals surface area contributed by atoms with Crippen molar-refractivity contribution in [2.45, 2.75) is 19.3 Å². The summed E-state index contributed by atoms with van der Waals surface area (Å²) in [5.74, 6) is 1.19. The molecule has 6 nitrogen and oxygen atoms in total. The fourth-order valence-corrected chi connectivity index (χ4v) is 3.88. The number of aromatic nitrogens is 3. The van der Waals surface area contributed by atoms with E-state index in [0.29, 0.717) is 16.4 Å². The van der Waals surface area contributed by atoms with Crippen LogP contribution >= 0.6 is 23.6 Å². The van der Waals surface area contributed by atoms with E-state index in [0.717, 1.165) is 18.0 Å². The molecule has 0 amide bonds. The van der Waals surface area contributed by atoms with Gasteiger partial charge in [-0.2, -0.15) is 9.78 Å². The van der Waals surface area contributed by atoms with Crippen molar-refractivity contribution in [2.75, 3.05) is 18.0 Å². The Hall–Kier alpha value is -2.19. The lowest BCUT2D eigenvalue weighted by Gasteiger charge is -2.27. The number of hydrogen-bond acceptors (Lipinski definition) is 6. The summed E-state index contributed by atoms with van der Waals surface area (Å²) in [5.41, 5.74) is 0. The van der Waals surface area contributed by atoms with Gasteiger partial charge in [-0.15, -0.1) is 16.4 Å². The standard InChI is InChI=1S/C16H17N5OS2/c23-16-19-18-15(13-5-4-10-22-13)21(16)17-11-12-6-7-14(24-12)20-8-2-1-3-9-20/h4-7,10-11H,1-3,8-9H2,(H,19,23)/b17-11-. The van der Waals surface area contributed by atoms with Crippen molar-refractivity contribution in [1.29, 1.82) is 0 Å². The smallest absolute Gasteiger partial charge is 0.219 e. The number of piperidine rings is 1. The van der Waals surface area contributed by atoms with E-state index in [-0.39, 0.29) is 0 Å². The topological polar surface area (TPSA) is 62.4 Å². The predicted octanol–water partition coefficient (Wildman–Crippen LogP) is 4.13. The van der Waals surface area contributed by atoms with Crippen LogP contribution in [-0.2, 0) is 0 Å². The van der Waals surface area contributed by atoms with Crippen LogP contribution in [0.3, 0.4) is 0 Å². The molecule has 1 saturated heterocycles. The Morgan fingerprint density at radius 2 is 2.12 bits per heavy atom. The van der Waals surface area contributed by atoms with Crippen LogP contribution in [0.1, 0.15) is 24.1 Å². The molecule has 0 aromatic carbocycles. The van der Waals surface area contributed by atoms with Crippen molar-refractivity contribution in [3.8, 4) is 11.6 Å². The monoisotopic (exact) mass is 359 g/mol. The number of hydrogen-bond donors (Lipinski definition) is 1. The third-order valence-electron chi connectivity index (χ3n) is 3.97. The zero-order valence-corrected chi connectivity index (χ0v) is 14.6. The summed E-state index contributed by atoms with van der Waals surface area (Å²) in [6, 6.07) is 7.90. The van der Waals surface area contributed by atoms with Crippen LogP contribution in [0.4, 0.5) is 5.00 Å². The SMILES string of the molecule is S=c1[nH]nc(-c2ccco2)n1/N=C\c1ccc(N2CCCCC2)s1. The van der Waals surface area contributed by atoms with Crippen LogP contribution in [0.25, 0.3) is 11.6 Å². The molecule has 1 N–H and O–H groups in total. The molecule has 124 valence electrons. The maximum Gasteiger partial charge on any atom is 0.219 e. The maximum absolute atomic E-state index is 5.38. The maximum atomic E-state index is 5.38. The number of anilines is 1. The van der Waals surface area contributed by atoms with E-state index in [1.54, 1.807) is 22.3 Å². The lowest BCUT2D eigenvalue weighted by Crippen LogP contribution is -2.28. The van der Waals surface area contributed by atoms with Gasteiger partial charge in [0.1, 0.15) is 0 Å². The Balaban J connectivity index is 1.57. The summed E-state index contributed by atoms with van der Waals surface area (Å²) in [7, 11) is 0. The van der Waals surface area contributed by atoms with Crippen LogP contribution in [0.5, 0.6) is 0 Å². The summed E-state index contributed by atoms with van der Waals surface area (Å²) >= 11 is 7.00. The Morgan fingerprint density at radius 3 is 2.92 bits per heavy atom. The van der Waals surface area contributed by atoms with Crippen molar-refractivity contribution in [3.05, 3.63) is 40.2 Å². The normalized spacial score (nSPS) is 15.4. The van der Waals surface area contributed by atoms with Gasteiger partial charge >= 0.3 is 0 Å². The van der Waals surface area contributed by atoms with Crippen LogP contribution in [0.15, 0.2) is 40.0 Å². The molecule has 0 atom stereocenters. The molecule has 0 unspecified atom stereocenters. The van der Waals surface area contributed by atoms with Gasteiger partial charge in [-0.1, -0.05) is 0 Å². The van der Waals surface area contributed by atoms with Gasteiger partial charge in [0.25, 0.3) is 0 Å². The minimum Gasteiger partial charge on any atom is -0.461 e.